The van der Waals surface area contributed by atoms with Gasteiger partial charge in [-0.15, -0.1) is 0 Å². The lowest BCUT2D eigenvalue weighted by Crippen LogP contribution is -2.18. The molecule has 0 bridgehead atoms. The van der Waals surface area contributed by atoms with Gasteiger partial charge in [0, 0.05) is 6.61 Å². The van der Waals surface area contributed by atoms with Crippen LogP contribution in [0.4, 0.5) is 0 Å². The number of hydrogen-bond acceptors (Lipinski definition) is 3. The van der Waals surface area contributed by atoms with Crippen LogP contribution in [0, 0.1) is 0 Å². The van der Waals surface area contributed by atoms with Gasteiger partial charge in [-0.1, -0.05) is 37.3 Å². The monoisotopic (exact) mass is 248 g/mol. The first kappa shape index (κ1) is 13.1. The Balaban J connectivity index is 1.73. The second-order valence-corrected chi connectivity index (χ2v) is 4.83. The molecule has 2 rings (SSSR count). The molecular formula is C15H20O3. The van der Waals surface area contributed by atoms with E-state index in [4.69, 9.17) is 9.47 Å². The normalized spacial score (nSPS) is 20.6. The van der Waals surface area contributed by atoms with Crippen molar-refractivity contribution in [2.45, 2.75) is 38.2 Å². The highest BCUT2D eigenvalue weighted by molar-refractivity contribution is 5.70. The van der Waals surface area contributed by atoms with Crippen molar-refractivity contribution in [2.75, 3.05) is 13.2 Å². The van der Waals surface area contributed by atoms with E-state index in [1.54, 1.807) is 0 Å². The van der Waals surface area contributed by atoms with Crippen molar-refractivity contribution < 1.29 is 14.3 Å². The maximum atomic E-state index is 11.7. The molecule has 1 aromatic rings. The Hall–Kier alpha value is -1.35. The van der Waals surface area contributed by atoms with Crippen LogP contribution in [-0.2, 0) is 14.3 Å². The summed E-state index contributed by atoms with van der Waals surface area (Å²) in [6.07, 6.45) is 2.61. The minimum Gasteiger partial charge on any atom is -0.463 e. The predicted molar refractivity (Wildman–Crippen MR) is 69.4 cm³/mol. The summed E-state index contributed by atoms with van der Waals surface area (Å²) in [5, 5.41) is 0. The number of rotatable bonds is 5. The van der Waals surface area contributed by atoms with E-state index in [2.05, 4.69) is 0 Å². The van der Waals surface area contributed by atoms with Gasteiger partial charge in [0.15, 0.2) is 0 Å². The van der Waals surface area contributed by atoms with Gasteiger partial charge in [0.1, 0.15) is 6.61 Å². The van der Waals surface area contributed by atoms with Crippen molar-refractivity contribution in [3.63, 3.8) is 0 Å². The smallest absolute Gasteiger partial charge is 0.306 e. The molecule has 1 fully saturated rings. The number of ether oxygens (including phenoxy) is 2. The Morgan fingerprint density at radius 1 is 1.44 bits per heavy atom. The van der Waals surface area contributed by atoms with Crippen LogP contribution >= 0.6 is 0 Å². The lowest BCUT2D eigenvalue weighted by Gasteiger charge is -2.13. The predicted octanol–water partition coefficient (Wildman–Crippen LogP) is 2.90. The molecule has 1 aromatic carbocycles. The summed E-state index contributed by atoms with van der Waals surface area (Å²) < 4.78 is 10.7. The first-order chi connectivity index (χ1) is 8.75. The van der Waals surface area contributed by atoms with Crippen molar-refractivity contribution in [3.05, 3.63) is 35.9 Å². The van der Waals surface area contributed by atoms with Crippen LogP contribution in [0.2, 0.25) is 0 Å². The number of hydrogen-bond donors (Lipinski definition) is 0. The molecular weight excluding hydrogens is 228 g/mol. The molecule has 0 radical (unpaired) electrons. The molecule has 0 aliphatic carbocycles. The van der Waals surface area contributed by atoms with Crippen molar-refractivity contribution in [3.8, 4) is 0 Å². The molecule has 98 valence electrons. The van der Waals surface area contributed by atoms with Crippen molar-refractivity contribution in [1.82, 2.24) is 0 Å². The summed E-state index contributed by atoms with van der Waals surface area (Å²) in [5.41, 5.74) is 1.17. The zero-order chi connectivity index (χ0) is 12.8. The molecule has 0 aromatic heterocycles. The van der Waals surface area contributed by atoms with Gasteiger partial charge in [0.25, 0.3) is 0 Å². The molecule has 0 amide bonds. The molecule has 1 heterocycles. The fraction of sp³-hybridized carbons (Fsp3) is 0.533. The second kappa shape index (κ2) is 6.55. The Morgan fingerprint density at radius 2 is 2.22 bits per heavy atom. The Labute approximate surface area is 108 Å². The molecule has 0 N–H and O–H groups in total. The fourth-order valence-corrected chi connectivity index (χ4v) is 2.17. The molecule has 3 heteroatoms. The molecule has 1 aliphatic heterocycles. The van der Waals surface area contributed by atoms with Crippen LogP contribution < -0.4 is 0 Å². The molecule has 2 unspecified atom stereocenters. The topological polar surface area (TPSA) is 35.5 Å². The third kappa shape index (κ3) is 3.84. The number of benzene rings is 1. The number of carbonyl (C=O) groups is 1. The Bertz CT molecular complexity index is 369. The van der Waals surface area contributed by atoms with Crippen molar-refractivity contribution in [2.24, 2.45) is 0 Å². The van der Waals surface area contributed by atoms with Gasteiger partial charge in [-0.2, -0.15) is 0 Å². The maximum absolute atomic E-state index is 11.7. The van der Waals surface area contributed by atoms with Crippen molar-refractivity contribution in [1.29, 1.82) is 0 Å². The van der Waals surface area contributed by atoms with Gasteiger partial charge in [-0.25, -0.2) is 0 Å². The van der Waals surface area contributed by atoms with Gasteiger partial charge >= 0.3 is 5.97 Å². The summed E-state index contributed by atoms with van der Waals surface area (Å²) in [6, 6.07) is 10.0. The second-order valence-electron chi connectivity index (χ2n) is 4.83. The SMILES string of the molecule is CC(CC(=O)OCC1CCCO1)c1ccccc1. The van der Waals surface area contributed by atoms with Gasteiger partial charge in [-0.05, 0) is 24.3 Å². The zero-order valence-electron chi connectivity index (χ0n) is 10.8. The fourth-order valence-electron chi connectivity index (χ4n) is 2.17. The van der Waals surface area contributed by atoms with Gasteiger partial charge in [-0.3, -0.25) is 4.79 Å². The van der Waals surface area contributed by atoms with Crippen LogP contribution in [0.15, 0.2) is 30.3 Å². The van der Waals surface area contributed by atoms with E-state index < -0.39 is 0 Å². The third-order valence-corrected chi connectivity index (χ3v) is 3.30. The van der Waals surface area contributed by atoms with E-state index in [-0.39, 0.29) is 18.0 Å². The van der Waals surface area contributed by atoms with E-state index >= 15 is 0 Å². The summed E-state index contributed by atoms with van der Waals surface area (Å²) in [4.78, 5) is 11.7. The lowest BCUT2D eigenvalue weighted by molar-refractivity contribution is -0.147. The van der Waals surface area contributed by atoms with E-state index in [1.165, 1.54) is 5.56 Å². The zero-order valence-corrected chi connectivity index (χ0v) is 10.8. The first-order valence-electron chi connectivity index (χ1n) is 6.58. The summed E-state index contributed by atoms with van der Waals surface area (Å²) >= 11 is 0. The summed E-state index contributed by atoms with van der Waals surface area (Å²) in [7, 11) is 0. The van der Waals surface area contributed by atoms with E-state index in [1.807, 2.05) is 37.3 Å². The quantitative estimate of drug-likeness (QED) is 0.752. The standard InChI is InChI=1S/C15H20O3/c1-12(13-6-3-2-4-7-13)10-15(16)18-11-14-8-5-9-17-14/h2-4,6-7,12,14H,5,8-11H2,1H3. The largest absolute Gasteiger partial charge is 0.463 e. The van der Waals surface area contributed by atoms with E-state index in [0.29, 0.717) is 13.0 Å². The number of carbonyl (C=O) groups excluding carboxylic acids is 1. The molecule has 18 heavy (non-hydrogen) atoms. The van der Waals surface area contributed by atoms with Crippen LogP contribution in [-0.4, -0.2) is 25.3 Å². The highest BCUT2D eigenvalue weighted by atomic mass is 16.6. The maximum Gasteiger partial charge on any atom is 0.306 e. The molecule has 3 nitrogen and oxygen atoms in total. The van der Waals surface area contributed by atoms with Crippen LogP contribution in [0.3, 0.4) is 0 Å². The molecule has 0 spiro atoms. The van der Waals surface area contributed by atoms with Crippen LogP contribution in [0.5, 0.6) is 0 Å². The Kier molecular flexibility index (Phi) is 4.76. The number of esters is 1. The summed E-state index contributed by atoms with van der Waals surface area (Å²) in [6.45, 7) is 3.24. The van der Waals surface area contributed by atoms with Crippen LogP contribution in [0.1, 0.15) is 37.7 Å². The van der Waals surface area contributed by atoms with Gasteiger partial charge in [0.2, 0.25) is 0 Å². The highest BCUT2D eigenvalue weighted by Crippen LogP contribution is 2.19. The van der Waals surface area contributed by atoms with E-state index in [9.17, 15) is 4.79 Å². The molecule has 2 atom stereocenters. The molecule has 1 saturated heterocycles. The average molecular weight is 248 g/mol. The van der Waals surface area contributed by atoms with Crippen LogP contribution in [0.25, 0.3) is 0 Å². The van der Waals surface area contributed by atoms with E-state index in [0.717, 1.165) is 19.4 Å². The molecule has 0 saturated carbocycles. The first-order valence-corrected chi connectivity index (χ1v) is 6.58. The van der Waals surface area contributed by atoms with Gasteiger partial charge < -0.3 is 9.47 Å². The third-order valence-electron chi connectivity index (χ3n) is 3.30. The lowest BCUT2D eigenvalue weighted by atomic mass is 9.98. The average Bonchev–Trinajstić information content (AvgIpc) is 2.90. The summed E-state index contributed by atoms with van der Waals surface area (Å²) in [5.74, 6) is 0.0602. The Morgan fingerprint density at radius 3 is 2.89 bits per heavy atom. The molecule has 1 aliphatic rings. The minimum atomic E-state index is -0.137. The highest BCUT2D eigenvalue weighted by Gasteiger charge is 2.18. The van der Waals surface area contributed by atoms with Gasteiger partial charge in [0.05, 0.1) is 12.5 Å². The minimum absolute atomic E-state index is 0.112. The van der Waals surface area contributed by atoms with Crippen molar-refractivity contribution >= 4 is 5.97 Å².